The summed E-state index contributed by atoms with van der Waals surface area (Å²) >= 11 is 1.89. The van der Waals surface area contributed by atoms with Gasteiger partial charge in [0.2, 0.25) is 5.91 Å². The number of carbonyl (C=O) groups excluding carboxylic acids is 1. The van der Waals surface area contributed by atoms with Gasteiger partial charge in [-0.05, 0) is 75.9 Å². The van der Waals surface area contributed by atoms with Crippen molar-refractivity contribution < 1.29 is 4.79 Å². The number of hydrogen-bond donors (Lipinski definition) is 3. The molecule has 0 saturated heterocycles. The summed E-state index contributed by atoms with van der Waals surface area (Å²) in [5.74, 6) is 0.884. The molecule has 0 aromatic heterocycles. The molecule has 1 fully saturated rings. The maximum Gasteiger partial charge on any atom is 0.220 e. The number of fused-ring (bicyclic) bond motifs is 2. The number of nitrogens with zero attached hydrogens (tertiary/aromatic N) is 2. The second kappa shape index (κ2) is 8.86. The van der Waals surface area contributed by atoms with Crippen LogP contribution in [0.25, 0.3) is 0 Å². The van der Waals surface area contributed by atoms with Gasteiger partial charge < -0.3 is 10.2 Å². The number of rotatable bonds is 6. The van der Waals surface area contributed by atoms with E-state index in [0.717, 1.165) is 18.9 Å². The van der Waals surface area contributed by atoms with E-state index in [4.69, 9.17) is 4.99 Å². The molecule has 1 saturated carbocycles. The Labute approximate surface area is 173 Å². The lowest BCUT2D eigenvalue weighted by Gasteiger charge is -2.39. The molecule has 4 aliphatic rings. The summed E-state index contributed by atoms with van der Waals surface area (Å²) in [5, 5.41) is 11.8. The van der Waals surface area contributed by atoms with Crippen molar-refractivity contribution in [2.45, 2.75) is 70.1 Å². The van der Waals surface area contributed by atoms with E-state index in [1.807, 2.05) is 18.7 Å². The van der Waals surface area contributed by atoms with Crippen LogP contribution >= 0.6 is 11.8 Å². The van der Waals surface area contributed by atoms with E-state index in [0.29, 0.717) is 37.5 Å². The molecule has 0 radical (unpaired) electrons. The Balaban J connectivity index is 1.43. The van der Waals surface area contributed by atoms with Crippen LogP contribution in [-0.4, -0.2) is 61.4 Å². The number of aliphatic imine (C=N–C) groups is 1. The first-order valence-electron chi connectivity index (χ1n) is 10.9. The average molecular weight is 406 g/mol. The predicted octanol–water partition coefficient (Wildman–Crippen LogP) is 2.29. The van der Waals surface area contributed by atoms with Gasteiger partial charge in [0, 0.05) is 25.0 Å². The SMILES string of the molecule is CCNC(=O)CC1CCC2=C1C1C(=NCNC1N[C@H]1CC[C@H](N(C)C)CC1)S2. The normalized spacial score (nSPS) is 35.0. The van der Waals surface area contributed by atoms with E-state index in [2.05, 4.69) is 34.9 Å². The first-order chi connectivity index (χ1) is 13.6. The maximum atomic E-state index is 12.2. The van der Waals surface area contributed by atoms with Gasteiger partial charge in [-0.1, -0.05) is 11.8 Å². The molecule has 4 rings (SSSR count). The fraction of sp³-hybridized carbons (Fsp3) is 0.810. The third-order valence-electron chi connectivity index (χ3n) is 6.84. The number of hydrogen-bond acceptors (Lipinski definition) is 6. The quantitative estimate of drug-likeness (QED) is 0.633. The molecule has 0 bridgehead atoms. The van der Waals surface area contributed by atoms with Crippen LogP contribution in [-0.2, 0) is 4.79 Å². The summed E-state index contributed by atoms with van der Waals surface area (Å²) in [6, 6.07) is 1.30. The maximum absolute atomic E-state index is 12.2. The summed E-state index contributed by atoms with van der Waals surface area (Å²) in [6.45, 7) is 3.40. The molecule has 3 unspecified atom stereocenters. The highest BCUT2D eigenvalue weighted by Gasteiger charge is 2.46. The van der Waals surface area contributed by atoms with Gasteiger partial charge in [0.05, 0.1) is 23.8 Å². The van der Waals surface area contributed by atoms with Gasteiger partial charge in [0.15, 0.2) is 0 Å². The van der Waals surface area contributed by atoms with E-state index < -0.39 is 0 Å². The lowest BCUT2D eigenvalue weighted by molar-refractivity contribution is -0.121. The van der Waals surface area contributed by atoms with Gasteiger partial charge in [-0.25, -0.2) is 0 Å². The minimum atomic E-state index is 0.187. The van der Waals surface area contributed by atoms with Crippen LogP contribution in [0.4, 0.5) is 0 Å². The lowest BCUT2D eigenvalue weighted by atomic mass is 9.84. The highest BCUT2D eigenvalue weighted by Crippen LogP contribution is 2.52. The topological polar surface area (TPSA) is 68.8 Å². The van der Waals surface area contributed by atoms with Crippen LogP contribution < -0.4 is 16.0 Å². The highest BCUT2D eigenvalue weighted by atomic mass is 32.2. The Kier molecular flexibility index (Phi) is 6.45. The molecule has 0 spiro atoms. The van der Waals surface area contributed by atoms with E-state index in [9.17, 15) is 4.79 Å². The molecule has 0 aromatic rings. The minimum absolute atomic E-state index is 0.187. The summed E-state index contributed by atoms with van der Waals surface area (Å²) in [4.78, 5) is 20.9. The fourth-order valence-electron chi connectivity index (χ4n) is 5.36. The van der Waals surface area contributed by atoms with Gasteiger partial charge in [-0.2, -0.15) is 0 Å². The highest BCUT2D eigenvalue weighted by molar-refractivity contribution is 8.17. The van der Waals surface area contributed by atoms with E-state index >= 15 is 0 Å². The second-order valence-electron chi connectivity index (χ2n) is 8.82. The van der Waals surface area contributed by atoms with Crippen LogP contribution in [0.2, 0.25) is 0 Å². The third-order valence-corrected chi connectivity index (χ3v) is 8.12. The molecule has 3 N–H and O–H groups in total. The Morgan fingerprint density at radius 1 is 1.25 bits per heavy atom. The summed E-state index contributed by atoms with van der Waals surface area (Å²) in [5.41, 5.74) is 1.50. The number of carbonyl (C=O) groups is 1. The smallest absolute Gasteiger partial charge is 0.220 e. The second-order valence-corrected chi connectivity index (χ2v) is 9.94. The summed E-state index contributed by atoms with van der Waals surface area (Å²) < 4.78 is 0. The molecule has 28 heavy (non-hydrogen) atoms. The number of nitrogens with one attached hydrogen (secondary N) is 3. The number of allylic oxidation sites excluding steroid dienone is 1. The van der Waals surface area contributed by atoms with Crippen molar-refractivity contribution in [2.24, 2.45) is 16.8 Å². The Hall–Kier alpha value is -0.890. The largest absolute Gasteiger partial charge is 0.356 e. The minimum Gasteiger partial charge on any atom is -0.356 e. The summed E-state index contributed by atoms with van der Waals surface area (Å²) in [6.07, 6.45) is 8.11. The number of thioether (sulfide) groups is 1. The monoisotopic (exact) mass is 405 g/mol. The molecule has 2 aliphatic carbocycles. The van der Waals surface area contributed by atoms with Crippen LogP contribution in [0.15, 0.2) is 15.5 Å². The lowest BCUT2D eigenvalue weighted by Crippen LogP contribution is -2.56. The molecule has 7 heteroatoms. The van der Waals surface area contributed by atoms with Gasteiger partial charge in [-0.3, -0.25) is 20.4 Å². The van der Waals surface area contributed by atoms with Crippen molar-refractivity contribution in [1.82, 2.24) is 20.9 Å². The Morgan fingerprint density at radius 3 is 2.75 bits per heavy atom. The molecule has 0 aromatic carbocycles. The number of amides is 1. The van der Waals surface area contributed by atoms with Gasteiger partial charge >= 0.3 is 0 Å². The van der Waals surface area contributed by atoms with Crippen molar-refractivity contribution >= 4 is 22.7 Å². The Morgan fingerprint density at radius 2 is 2.04 bits per heavy atom. The third kappa shape index (κ3) is 4.18. The predicted molar refractivity (Wildman–Crippen MR) is 116 cm³/mol. The first kappa shape index (κ1) is 20.4. The van der Waals surface area contributed by atoms with Crippen molar-refractivity contribution in [1.29, 1.82) is 0 Å². The van der Waals surface area contributed by atoms with E-state index in [1.165, 1.54) is 41.2 Å². The Bertz CT molecular complexity index is 653. The van der Waals surface area contributed by atoms with Gasteiger partial charge in [0.1, 0.15) is 0 Å². The average Bonchev–Trinajstić information content (AvgIpc) is 3.22. The van der Waals surface area contributed by atoms with Crippen LogP contribution in [0, 0.1) is 11.8 Å². The zero-order valence-electron chi connectivity index (χ0n) is 17.5. The summed E-state index contributed by atoms with van der Waals surface area (Å²) in [7, 11) is 4.39. The zero-order valence-corrected chi connectivity index (χ0v) is 18.3. The molecule has 3 atom stereocenters. The molecular formula is C21H35N5OS. The van der Waals surface area contributed by atoms with Crippen molar-refractivity contribution in [3.05, 3.63) is 10.5 Å². The van der Waals surface area contributed by atoms with Gasteiger partial charge in [0.25, 0.3) is 0 Å². The fourth-order valence-corrected chi connectivity index (χ4v) is 6.76. The van der Waals surface area contributed by atoms with Crippen molar-refractivity contribution in [2.75, 3.05) is 27.3 Å². The van der Waals surface area contributed by atoms with E-state index in [-0.39, 0.29) is 12.1 Å². The van der Waals surface area contributed by atoms with E-state index in [1.54, 1.807) is 0 Å². The van der Waals surface area contributed by atoms with Crippen molar-refractivity contribution in [3.8, 4) is 0 Å². The molecule has 6 nitrogen and oxygen atoms in total. The first-order valence-corrected chi connectivity index (χ1v) is 11.8. The molecule has 2 aliphatic heterocycles. The molecule has 1 amide bonds. The van der Waals surface area contributed by atoms with Crippen LogP contribution in [0.5, 0.6) is 0 Å². The van der Waals surface area contributed by atoms with Crippen LogP contribution in [0.1, 0.15) is 51.9 Å². The molecule has 2 heterocycles. The molecule has 156 valence electrons. The van der Waals surface area contributed by atoms with Crippen LogP contribution in [0.3, 0.4) is 0 Å². The van der Waals surface area contributed by atoms with Gasteiger partial charge in [-0.15, -0.1) is 0 Å². The zero-order chi connectivity index (χ0) is 19.7. The van der Waals surface area contributed by atoms with Crippen molar-refractivity contribution in [3.63, 3.8) is 0 Å². The molecular weight excluding hydrogens is 370 g/mol. The standard InChI is InChI=1S/C21H35N5OS/c1-4-22-17(27)11-13-5-10-16-18(13)19-20(23-12-24-21(19)28-16)25-14-6-8-15(9-7-14)26(2)3/h13-15,19-20,23,25H,4-12H2,1-3H3,(H,22,27)/t13?,14-,15-,19?,20?.